The van der Waals surface area contributed by atoms with Crippen LogP contribution in [0.15, 0.2) is 24.3 Å². The fourth-order valence-corrected chi connectivity index (χ4v) is 2.33. The first-order valence-electron chi connectivity index (χ1n) is 6.73. The van der Waals surface area contributed by atoms with Crippen LogP contribution in [0, 0.1) is 0 Å². The SMILES string of the molecule is COCC1COCCN1C(=O)Cc1ccc(OC)cc1. The highest BCUT2D eigenvalue weighted by molar-refractivity contribution is 5.79. The quantitative estimate of drug-likeness (QED) is 0.810. The molecule has 0 spiro atoms. The molecule has 1 fully saturated rings. The predicted molar refractivity (Wildman–Crippen MR) is 74.9 cm³/mol. The van der Waals surface area contributed by atoms with Crippen LogP contribution in [0.3, 0.4) is 0 Å². The molecule has 1 aromatic carbocycles. The smallest absolute Gasteiger partial charge is 0.227 e. The van der Waals surface area contributed by atoms with Crippen LogP contribution < -0.4 is 4.74 Å². The first kappa shape index (κ1) is 14.8. The van der Waals surface area contributed by atoms with E-state index in [1.165, 1.54) is 0 Å². The van der Waals surface area contributed by atoms with Crippen molar-refractivity contribution in [3.05, 3.63) is 29.8 Å². The van der Waals surface area contributed by atoms with E-state index in [0.717, 1.165) is 11.3 Å². The third-order valence-corrected chi connectivity index (χ3v) is 3.42. The van der Waals surface area contributed by atoms with E-state index < -0.39 is 0 Å². The average molecular weight is 279 g/mol. The molecule has 1 amide bonds. The first-order chi connectivity index (χ1) is 9.74. The van der Waals surface area contributed by atoms with E-state index in [4.69, 9.17) is 14.2 Å². The molecule has 1 saturated heterocycles. The minimum atomic E-state index is 0.0134. The Labute approximate surface area is 119 Å². The van der Waals surface area contributed by atoms with Gasteiger partial charge in [0.2, 0.25) is 5.91 Å². The number of carbonyl (C=O) groups excluding carboxylic acids is 1. The van der Waals surface area contributed by atoms with Gasteiger partial charge in [0.15, 0.2) is 0 Å². The Morgan fingerprint density at radius 3 is 2.75 bits per heavy atom. The maximum atomic E-state index is 12.4. The lowest BCUT2D eigenvalue weighted by Crippen LogP contribution is -2.51. The predicted octanol–water partition coefficient (Wildman–Crippen LogP) is 1.11. The van der Waals surface area contributed by atoms with Crippen LogP contribution in [0.2, 0.25) is 0 Å². The maximum absolute atomic E-state index is 12.4. The standard InChI is InChI=1S/C15H21NO4/c1-18-10-13-11-20-8-7-16(13)15(17)9-12-3-5-14(19-2)6-4-12/h3-6,13H,7-11H2,1-2H3. The molecule has 1 heterocycles. The fourth-order valence-electron chi connectivity index (χ4n) is 2.33. The maximum Gasteiger partial charge on any atom is 0.227 e. The molecule has 110 valence electrons. The van der Waals surface area contributed by atoms with E-state index in [1.54, 1.807) is 14.2 Å². The van der Waals surface area contributed by atoms with Crippen LogP contribution in [-0.4, -0.2) is 57.4 Å². The third kappa shape index (κ3) is 3.71. The molecule has 2 rings (SSSR count). The Morgan fingerprint density at radius 1 is 1.35 bits per heavy atom. The second kappa shape index (κ2) is 7.26. The van der Waals surface area contributed by atoms with Crippen LogP contribution in [0.4, 0.5) is 0 Å². The summed E-state index contributed by atoms with van der Waals surface area (Å²) < 4.78 is 15.7. The highest BCUT2D eigenvalue weighted by Crippen LogP contribution is 2.14. The largest absolute Gasteiger partial charge is 0.497 e. The molecule has 0 N–H and O–H groups in total. The lowest BCUT2D eigenvalue weighted by Gasteiger charge is -2.35. The van der Waals surface area contributed by atoms with Gasteiger partial charge in [-0.1, -0.05) is 12.1 Å². The summed E-state index contributed by atoms with van der Waals surface area (Å²) in [5, 5.41) is 0. The number of hydrogen-bond acceptors (Lipinski definition) is 4. The highest BCUT2D eigenvalue weighted by atomic mass is 16.5. The summed E-state index contributed by atoms with van der Waals surface area (Å²) in [4.78, 5) is 14.2. The van der Waals surface area contributed by atoms with Gasteiger partial charge < -0.3 is 19.1 Å². The van der Waals surface area contributed by atoms with Crippen molar-refractivity contribution < 1.29 is 19.0 Å². The van der Waals surface area contributed by atoms with Crippen LogP contribution >= 0.6 is 0 Å². The minimum absolute atomic E-state index is 0.0134. The molecule has 1 aliphatic rings. The number of methoxy groups -OCH3 is 2. The number of rotatable bonds is 5. The second-order valence-electron chi connectivity index (χ2n) is 4.80. The Hall–Kier alpha value is -1.59. The summed E-state index contributed by atoms with van der Waals surface area (Å²) in [5.41, 5.74) is 0.985. The number of carbonyl (C=O) groups is 1. The number of hydrogen-bond donors (Lipinski definition) is 0. The minimum Gasteiger partial charge on any atom is -0.497 e. The van der Waals surface area contributed by atoms with Crippen LogP contribution in [0.5, 0.6) is 5.75 Å². The summed E-state index contributed by atoms with van der Waals surface area (Å²) >= 11 is 0. The van der Waals surface area contributed by atoms with Crippen molar-refractivity contribution in [3.63, 3.8) is 0 Å². The van der Waals surface area contributed by atoms with Gasteiger partial charge in [-0.05, 0) is 17.7 Å². The Morgan fingerprint density at radius 2 is 2.10 bits per heavy atom. The molecule has 0 aromatic heterocycles. The summed E-state index contributed by atoms with van der Waals surface area (Å²) in [7, 11) is 3.27. The highest BCUT2D eigenvalue weighted by Gasteiger charge is 2.27. The van der Waals surface area contributed by atoms with Gasteiger partial charge in [-0.15, -0.1) is 0 Å². The van der Waals surface area contributed by atoms with Gasteiger partial charge in [0, 0.05) is 13.7 Å². The summed E-state index contributed by atoms with van der Waals surface area (Å²) in [6.07, 6.45) is 0.393. The molecule has 20 heavy (non-hydrogen) atoms. The van der Waals surface area contributed by atoms with E-state index in [0.29, 0.717) is 32.8 Å². The molecular formula is C15H21NO4. The molecule has 5 nitrogen and oxygen atoms in total. The number of ether oxygens (including phenoxy) is 3. The zero-order valence-electron chi connectivity index (χ0n) is 12.0. The molecule has 0 bridgehead atoms. The number of nitrogens with zero attached hydrogens (tertiary/aromatic N) is 1. The number of benzene rings is 1. The van der Waals surface area contributed by atoms with Crippen LogP contribution in [0.25, 0.3) is 0 Å². The molecular weight excluding hydrogens is 258 g/mol. The summed E-state index contributed by atoms with van der Waals surface area (Å²) in [6, 6.07) is 7.59. The monoisotopic (exact) mass is 279 g/mol. The molecule has 0 radical (unpaired) electrons. The molecule has 1 aromatic rings. The van der Waals surface area contributed by atoms with Gasteiger partial charge in [0.05, 0.1) is 39.4 Å². The Balaban J connectivity index is 1.98. The molecule has 1 atom stereocenters. The lowest BCUT2D eigenvalue weighted by atomic mass is 10.1. The van der Waals surface area contributed by atoms with E-state index in [-0.39, 0.29) is 11.9 Å². The van der Waals surface area contributed by atoms with Gasteiger partial charge in [-0.2, -0.15) is 0 Å². The molecule has 1 aliphatic heterocycles. The molecule has 1 unspecified atom stereocenters. The molecule has 0 saturated carbocycles. The zero-order chi connectivity index (χ0) is 14.4. The van der Waals surface area contributed by atoms with Crippen LogP contribution in [0.1, 0.15) is 5.56 Å². The van der Waals surface area contributed by atoms with E-state index >= 15 is 0 Å². The van der Waals surface area contributed by atoms with E-state index in [1.807, 2.05) is 29.2 Å². The second-order valence-corrected chi connectivity index (χ2v) is 4.80. The number of amides is 1. The topological polar surface area (TPSA) is 48.0 Å². The van der Waals surface area contributed by atoms with Crippen molar-refractivity contribution in [1.29, 1.82) is 0 Å². The number of morpholine rings is 1. The van der Waals surface area contributed by atoms with Crippen LogP contribution in [-0.2, 0) is 20.7 Å². The summed E-state index contributed by atoms with van der Waals surface area (Å²) in [6.45, 7) is 2.27. The fraction of sp³-hybridized carbons (Fsp3) is 0.533. The first-order valence-corrected chi connectivity index (χ1v) is 6.73. The van der Waals surface area contributed by atoms with E-state index in [9.17, 15) is 4.79 Å². The molecule has 5 heteroatoms. The average Bonchev–Trinajstić information content (AvgIpc) is 2.49. The van der Waals surface area contributed by atoms with Crippen molar-refractivity contribution in [2.45, 2.75) is 12.5 Å². The third-order valence-electron chi connectivity index (χ3n) is 3.42. The van der Waals surface area contributed by atoms with Crippen molar-refractivity contribution in [2.75, 3.05) is 40.6 Å². The van der Waals surface area contributed by atoms with Crippen molar-refractivity contribution in [2.24, 2.45) is 0 Å². The van der Waals surface area contributed by atoms with Gasteiger partial charge in [-0.25, -0.2) is 0 Å². The van der Waals surface area contributed by atoms with Crippen molar-refractivity contribution in [3.8, 4) is 5.75 Å². The van der Waals surface area contributed by atoms with Gasteiger partial charge in [0.25, 0.3) is 0 Å². The van der Waals surface area contributed by atoms with Crippen molar-refractivity contribution >= 4 is 5.91 Å². The Kier molecular flexibility index (Phi) is 5.38. The molecule has 0 aliphatic carbocycles. The lowest BCUT2D eigenvalue weighted by molar-refractivity contribution is -0.141. The van der Waals surface area contributed by atoms with E-state index in [2.05, 4.69) is 0 Å². The summed E-state index contributed by atoms with van der Waals surface area (Å²) in [5.74, 6) is 0.908. The Bertz CT molecular complexity index is 430. The van der Waals surface area contributed by atoms with Gasteiger partial charge >= 0.3 is 0 Å². The van der Waals surface area contributed by atoms with Gasteiger partial charge in [0.1, 0.15) is 5.75 Å². The van der Waals surface area contributed by atoms with Crippen molar-refractivity contribution in [1.82, 2.24) is 4.90 Å². The normalized spacial score (nSPS) is 18.9. The zero-order valence-corrected chi connectivity index (χ0v) is 12.0. The van der Waals surface area contributed by atoms with Gasteiger partial charge in [-0.3, -0.25) is 4.79 Å².